The van der Waals surface area contributed by atoms with Crippen LogP contribution in [0.1, 0.15) is 19.8 Å². The predicted molar refractivity (Wildman–Crippen MR) is 77.4 cm³/mol. The van der Waals surface area contributed by atoms with Gasteiger partial charge in [0.2, 0.25) is 10.0 Å². The molecule has 0 amide bonds. The Kier molecular flexibility index (Phi) is 5.71. The highest BCUT2D eigenvalue weighted by Crippen LogP contribution is 2.15. The topological polar surface area (TPSA) is 58.2 Å². The third kappa shape index (κ3) is 5.23. The third-order valence-corrected chi connectivity index (χ3v) is 3.75. The first-order valence-electron chi connectivity index (χ1n) is 6.02. The minimum absolute atomic E-state index is 0.167. The smallest absolute Gasteiger partial charge is 0.232 e. The van der Waals surface area contributed by atoms with Crippen LogP contribution in [0.15, 0.2) is 36.9 Å². The standard InChI is InChI=1S/C13H20N2O2S/c1-3-5-11-18(16,17)15-13-8-6-12(7-9-13)14-10-4-2/h4,6-9,14-15H,2-3,5,10-11H2,1H3. The number of benzene rings is 1. The second kappa shape index (κ2) is 7.06. The lowest BCUT2D eigenvalue weighted by Crippen LogP contribution is -2.16. The minimum Gasteiger partial charge on any atom is -0.382 e. The molecule has 0 saturated carbocycles. The summed E-state index contributed by atoms with van der Waals surface area (Å²) < 4.78 is 25.9. The van der Waals surface area contributed by atoms with Crippen LogP contribution < -0.4 is 10.0 Å². The fourth-order valence-electron chi connectivity index (χ4n) is 1.41. The monoisotopic (exact) mass is 268 g/mol. The molecule has 1 rings (SSSR count). The van der Waals surface area contributed by atoms with Gasteiger partial charge in [0.25, 0.3) is 0 Å². The first kappa shape index (κ1) is 14.6. The molecule has 0 unspecified atom stereocenters. The zero-order valence-corrected chi connectivity index (χ0v) is 11.5. The molecule has 100 valence electrons. The number of hydrogen-bond acceptors (Lipinski definition) is 3. The largest absolute Gasteiger partial charge is 0.382 e. The van der Waals surface area contributed by atoms with Gasteiger partial charge >= 0.3 is 0 Å². The van der Waals surface area contributed by atoms with Gasteiger partial charge in [0.15, 0.2) is 0 Å². The molecule has 1 aromatic carbocycles. The molecule has 0 bridgehead atoms. The van der Waals surface area contributed by atoms with Gasteiger partial charge in [-0.05, 0) is 30.7 Å². The molecule has 0 heterocycles. The van der Waals surface area contributed by atoms with E-state index in [1.54, 1.807) is 18.2 Å². The maximum absolute atomic E-state index is 11.7. The maximum atomic E-state index is 11.7. The summed E-state index contributed by atoms with van der Waals surface area (Å²) in [5.74, 6) is 0.167. The van der Waals surface area contributed by atoms with Crippen molar-refractivity contribution in [1.29, 1.82) is 0 Å². The summed E-state index contributed by atoms with van der Waals surface area (Å²) in [6, 6.07) is 7.16. The van der Waals surface area contributed by atoms with Gasteiger partial charge in [-0.1, -0.05) is 19.4 Å². The van der Waals surface area contributed by atoms with Gasteiger partial charge < -0.3 is 5.32 Å². The minimum atomic E-state index is -3.21. The van der Waals surface area contributed by atoms with Crippen LogP contribution in [0.2, 0.25) is 0 Å². The molecular formula is C13H20N2O2S. The molecule has 0 aromatic heterocycles. The average molecular weight is 268 g/mol. The van der Waals surface area contributed by atoms with Crippen molar-refractivity contribution in [1.82, 2.24) is 0 Å². The lowest BCUT2D eigenvalue weighted by atomic mass is 10.3. The van der Waals surface area contributed by atoms with Gasteiger partial charge in [0, 0.05) is 17.9 Å². The number of anilines is 2. The Morgan fingerprint density at radius 3 is 2.39 bits per heavy atom. The van der Waals surface area contributed by atoms with Crippen molar-refractivity contribution in [3.63, 3.8) is 0 Å². The summed E-state index contributed by atoms with van der Waals surface area (Å²) in [6.45, 7) is 6.27. The quantitative estimate of drug-likeness (QED) is 0.713. The SMILES string of the molecule is C=CCNc1ccc(NS(=O)(=O)CCCC)cc1. The first-order chi connectivity index (χ1) is 8.57. The van der Waals surface area contributed by atoms with Gasteiger partial charge in [-0.15, -0.1) is 6.58 Å². The number of unbranched alkanes of at least 4 members (excludes halogenated alkanes) is 1. The van der Waals surface area contributed by atoms with Crippen LogP contribution in [0.25, 0.3) is 0 Å². The Bertz CT molecular complexity index is 466. The van der Waals surface area contributed by atoms with Crippen molar-refractivity contribution in [2.45, 2.75) is 19.8 Å². The van der Waals surface area contributed by atoms with E-state index in [0.29, 0.717) is 18.7 Å². The maximum Gasteiger partial charge on any atom is 0.232 e. The number of rotatable bonds is 8. The van der Waals surface area contributed by atoms with Crippen LogP contribution >= 0.6 is 0 Å². The van der Waals surface area contributed by atoms with Crippen molar-refractivity contribution in [2.24, 2.45) is 0 Å². The molecule has 1 aromatic rings. The first-order valence-corrected chi connectivity index (χ1v) is 7.68. The Morgan fingerprint density at radius 2 is 1.83 bits per heavy atom. The third-order valence-electron chi connectivity index (χ3n) is 2.38. The highest BCUT2D eigenvalue weighted by atomic mass is 32.2. The van der Waals surface area contributed by atoms with Gasteiger partial charge in [0.1, 0.15) is 0 Å². The summed E-state index contributed by atoms with van der Waals surface area (Å²) in [4.78, 5) is 0. The molecular weight excluding hydrogens is 248 g/mol. The normalized spacial score (nSPS) is 10.9. The number of hydrogen-bond donors (Lipinski definition) is 2. The summed E-state index contributed by atoms with van der Waals surface area (Å²) in [6.07, 6.45) is 3.31. The fraction of sp³-hybridized carbons (Fsp3) is 0.385. The van der Waals surface area contributed by atoms with E-state index in [1.165, 1.54) is 0 Å². The van der Waals surface area contributed by atoms with Crippen LogP contribution in [-0.2, 0) is 10.0 Å². The predicted octanol–water partition coefficient (Wildman–Crippen LogP) is 2.83. The van der Waals surface area contributed by atoms with E-state index in [1.807, 2.05) is 19.1 Å². The average Bonchev–Trinajstić information content (AvgIpc) is 2.35. The summed E-state index contributed by atoms with van der Waals surface area (Å²) in [5.41, 5.74) is 1.53. The van der Waals surface area contributed by atoms with Crippen molar-refractivity contribution in [3.05, 3.63) is 36.9 Å². The van der Waals surface area contributed by atoms with E-state index >= 15 is 0 Å². The molecule has 2 N–H and O–H groups in total. The van der Waals surface area contributed by atoms with Crippen LogP contribution in [0.4, 0.5) is 11.4 Å². The van der Waals surface area contributed by atoms with Gasteiger partial charge in [-0.25, -0.2) is 8.42 Å². The molecule has 0 fully saturated rings. The zero-order chi connectivity index (χ0) is 13.4. The van der Waals surface area contributed by atoms with Gasteiger partial charge in [-0.2, -0.15) is 0 Å². The Hall–Kier alpha value is -1.49. The molecule has 0 radical (unpaired) electrons. The summed E-state index contributed by atoms with van der Waals surface area (Å²) in [7, 11) is -3.21. The van der Waals surface area contributed by atoms with E-state index in [-0.39, 0.29) is 5.75 Å². The van der Waals surface area contributed by atoms with Crippen molar-refractivity contribution in [2.75, 3.05) is 22.3 Å². The van der Waals surface area contributed by atoms with E-state index in [9.17, 15) is 8.42 Å². The Balaban J connectivity index is 2.60. The zero-order valence-electron chi connectivity index (χ0n) is 10.6. The van der Waals surface area contributed by atoms with Crippen LogP contribution in [-0.4, -0.2) is 20.7 Å². The molecule has 0 saturated heterocycles. The van der Waals surface area contributed by atoms with Crippen molar-refractivity contribution in [3.8, 4) is 0 Å². The molecule has 0 atom stereocenters. The van der Waals surface area contributed by atoms with Crippen LogP contribution in [0.3, 0.4) is 0 Å². The lowest BCUT2D eigenvalue weighted by Gasteiger charge is -2.08. The fourth-order valence-corrected chi connectivity index (χ4v) is 2.68. The molecule has 0 aliphatic rings. The molecule has 0 aliphatic heterocycles. The molecule has 4 nitrogen and oxygen atoms in total. The molecule has 5 heteroatoms. The molecule has 0 aliphatic carbocycles. The van der Waals surface area contributed by atoms with Crippen LogP contribution in [0.5, 0.6) is 0 Å². The summed E-state index contributed by atoms with van der Waals surface area (Å²) >= 11 is 0. The second-order valence-corrected chi connectivity index (χ2v) is 5.86. The van der Waals surface area contributed by atoms with Crippen molar-refractivity contribution >= 4 is 21.4 Å². The highest BCUT2D eigenvalue weighted by Gasteiger charge is 2.08. The van der Waals surface area contributed by atoms with E-state index in [0.717, 1.165) is 12.1 Å². The van der Waals surface area contributed by atoms with Crippen LogP contribution in [0, 0.1) is 0 Å². The lowest BCUT2D eigenvalue weighted by molar-refractivity contribution is 0.598. The number of nitrogens with one attached hydrogen (secondary N) is 2. The van der Waals surface area contributed by atoms with Crippen molar-refractivity contribution < 1.29 is 8.42 Å². The highest BCUT2D eigenvalue weighted by molar-refractivity contribution is 7.92. The van der Waals surface area contributed by atoms with Gasteiger partial charge in [-0.3, -0.25) is 4.72 Å². The van der Waals surface area contributed by atoms with E-state index in [4.69, 9.17) is 0 Å². The van der Waals surface area contributed by atoms with E-state index in [2.05, 4.69) is 16.6 Å². The Morgan fingerprint density at radius 1 is 1.22 bits per heavy atom. The molecule has 18 heavy (non-hydrogen) atoms. The molecule has 0 spiro atoms. The summed E-state index contributed by atoms with van der Waals surface area (Å²) in [5, 5.41) is 3.12. The Labute approximate surface area is 109 Å². The van der Waals surface area contributed by atoms with E-state index < -0.39 is 10.0 Å². The second-order valence-electron chi connectivity index (χ2n) is 4.02. The van der Waals surface area contributed by atoms with Gasteiger partial charge in [0.05, 0.1) is 5.75 Å². The number of sulfonamides is 1.